The molecule has 82 valence electrons. The van der Waals surface area contributed by atoms with Gasteiger partial charge in [-0.15, -0.1) is 0 Å². The molecule has 0 aliphatic carbocycles. The molecule has 1 unspecified atom stereocenters. The van der Waals surface area contributed by atoms with Gasteiger partial charge in [-0.3, -0.25) is 0 Å². The first kappa shape index (κ1) is 10.6. The molecule has 0 spiro atoms. The van der Waals surface area contributed by atoms with E-state index in [1.54, 1.807) is 0 Å². The smallest absolute Gasteiger partial charge is 0.0824 e. The molecule has 1 saturated heterocycles. The molecule has 1 fully saturated rings. The molecule has 2 N–H and O–H groups in total. The highest BCUT2D eigenvalue weighted by atomic mass is 16.5. The minimum absolute atomic E-state index is 0.322. The number of morpholine rings is 1. The molecule has 3 nitrogen and oxygen atoms in total. The molecule has 0 radical (unpaired) electrons. The second kappa shape index (κ2) is 5.85. The van der Waals surface area contributed by atoms with Crippen molar-refractivity contribution in [2.75, 3.05) is 26.2 Å². The lowest BCUT2D eigenvalue weighted by Crippen LogP contribution is -2.43. The Morgan fingerprint density at radius 2 is 2.20 bits per heavy atom. The second-order valence-electron chi connectivity index (χ2n) is 3.81. The van der Waals surface area contributed by atoms with Crippen LogP contribution in [0.5, 0.6) is 0 Å². The van der Waals surface area contributed by atoms with Gasteiger partial charge in [-0.2, -0.15) is 0 Å². The van der Waals surface area contributed by atoms with Gasteiger partial charge in [0.05, 0.1) is 12.7 Å². The van der Waals surface area contributed by atoms with Gasteiger partial charge < -0.3 is 15.4 Å². The summed E-state index contributed by atoms with van der Waals surface area (Å²) in [5.41, 5.74) is 1.32. The van der Waals surface area contributed by atoms with Crippen LogP contribution in [0.2, 0.25) is 0 Å². The van der Waals surface area contributed by atoms with E-state index in [-0.39, 0.29) is 0 Å². The second-order valence-corrected chi connectivity index (χ2v) is 3.81. The first-order valence-electron chi connectivity index (χ1n) is 5.52. The predicted octanol–water partition coefficient (Wildman–Crippen LogP) is 0.765. The molecule has 2 rings (SSSR count). The molecule has 1 aliphatic rings. The van der Waals surface area contributed by atoms with Gasteiger partial charge in [0.2, 0.25) is 0 Å². The lowest BCUT2D eigenvalue weighted by Gasteiger charge is -2.23. The highest BCUT2D eigenvalue weighted by molar-refractivity contribution is 5.14. The Morgan fingerprint density at radius 1 is 1.33 bits per heavy atom. The Morgan fingerprint density at radius 3 is 2.93 bits per heavy atom. The lowest BCUT2D eigenvalue weighted by atomic mass is 10.2. The fourth-order valence-corrected chi connectivity index (χ4v) is 1.72. The quantitative estimate of drug-likeness (QED) is 0.763. The number of rotatable bonds is 4. The van der Waals surface area contributed by atoms with Crippen molar-refractivity contribution < 1.29 is 4.74 Å². The van der Waals surface area contributed by atoms with E-state index in [1.165, 1.54) is 5.56 Å². The summed E-state index contributed by atoms with van der Waals surface area (Å²) in [7, 11) is 0. The molecule has 1 heterocycles. The van der Waals surface area contributed by atoms with Crippen molar-refractivity contribution in [3.05, 3.63) is 35.9 Å². The monoisotopic (exact) mass is 206 g/mol. The number of ether oxygens (including phenoxy) is 1. The van der Waals surface area contributed by atoms with Gasteiger partial charge in [-0.25, -0.2) is 0 Å². The van der Waals surface area contributed by atoms with Crippen LogP contribution in [0.3, 0.4) is 0 Å². The highest BCUT2D eigenvalue weighted by Crippen LogP contribution is 1.98. The third-order valence-electron chi connectivity index (χ3n) is 2.55. The molecular weight excluding hydrogens is 188 g/mol. The van der Waals surface area contributed by atoms with E-state index < -0.39 is 0 Å². The predicted molar refractivity (Wildman–Crippen MR) is 60.8 cm³/mol. The summed E-state index contributed by atoms with van der Waals surface area (Å²) in [5.74, 6) is 0. The minimum Gasteiger partial charge on any atom is -0.374 e. The maximum atomic E-state index is 5.59. The lowest BCUT2D eigenvalue weighted by molar-refractivity contribution is 0.0290. The Kier molecular flexibility index (Phi) is 4.14. The number of hydrogen-bond acceptors (Lipinski definition) is 3. The SMILES string of the molecule is c1ccc(CNCC2CNCCO2)cc1. The average molecular weight is 206 g/mol. The van der Waals surface area contributed by atoms with E-state index in [0.29, 0.717) is 6.10 Å². The summed E-state index contributed by atoms with van der Waals surface area (Å²) >= 11 is 0. The third-order valence-corrected chi connectivity index (χ3v) is 2.55. The van der Waals surface area contributed by atoms with Crippen LogP contribution < -0.4 is 10.6 Å². The van der Waals surface area contributed by atoms with Gasteiger partial charge in [0.25, 0.3) is 0 Å². The Bertz CT molecular complexity index is 270. The van der Waals surface area contributed by atoms with Crippen LogP contribution >= 0.6 is 0 Å². The zero-order valence-corrected chi connectivity index (χ0v) is 8.91. The van der Waals surface area contributed by atoms with Crippen molar-refractivity contribution in [1.29, 1.82) is 0 Å². The van der Waals surface area contributed by atoms with Crippen LogP contribution in [0.15, 0.2) is 30.3 Å². The molecule has 1 aliphatic heterocycles. The molecule has 1 atom stereocenters. The summed E-state index contributed by atoms with van der Waals surface area (Å²) in [5, 5.41) is 6.72. The van der Waals surface area contributed by atoms with Crippen LogP contribution in [0.4, 0.5) is 0 Å². The molecule has 15 heavy (non-hydrogen) atoms. The molecule has 0 bridgehead atoms. The van der Waals surface area contributed by atoms with E-state index in [0.717, 1.165) is 32.8 Å². The summed E-state index contributed by atoms with van der Waals surface area (Å²) in [4.78, 5) is 0. The van der Waals surface area contributed by atoms with Gasteiger partial charge in [0.15, 0.2) is 0 Å². The zero-order valence-electron chi connectivity index (χ0n) is 8.91. The molecular formula is C12H18N2O. The van der Waals surface area contributed by atoms with Gasteiger partial charge in [-0.1, -0.05) is 30.3 Å². The number of benzene rings is 1. The Labute approximate surface area is 90.8 Å². The van der Waals surface area contributed by atoms with Gasteiger partial charge in [0, 0.05) is 26.2 Å². The normalized spacial score (nSPS) is 21.5. The Balaban J connectivity index is 1.66. The summed E-state index contributed by atoms with van der Waals surface area (Å²) in [6, 6.07) is 10.4. The van der Waals surface area contributed by atoms with E-state index in [4.69, 9.17) is 4.74 Å². The number of hydrogen-bond donors (Lipinski definition) is 2. The van der Waals surface area contributed by atoms with Crippen LogP contribution in [-0.4, -0.2) is 32.3 Å². The minimum atomic E-state index is 0.322. The van der Waals surface area contributed by atoms with Crippen LogP contribution in [0.25, 0.3) is 0 Å². The van der Waals surface area contributed by atoms with Crippen molar-refractivity contribution in [2.45, 2.75) is 12.6 Å². The molecule has 0 amide bonds. The van der Waals surface area contributed by atoms with Gasteiger partial charge >= 0.3 is 0 Å². The first-order chi connectivity index (χ1) is 7.45. The van der Waals surface area contributed by atoms with Crippen LogP contribution in [0.1, 0.15) is 5.56 Å². The maximum Gasteiger partial charge on any atom is 0.0824 e. The third kappa shape index (κ3) is 3.63. The Hall–Kier alpha value is -0.900. The summed E-state index contributed by atoms with van der Waals surface area (Å²) in [6.45, 7) is 4.61. The maximum absolute atomic E-state index is 5.59. The van der Waals surface area contributed by atoms with E-state index in [1.807, 2.05) is 6.07 Å². The molecule has 1 aromatic carbocycles. The molecule has 1 aromatic rings. The standard InChI is InChI=1S/C12H18N2O/c1-2-4-11(5-3-1)8-14-10-12-9-13-6-7-15-12/h1-5,12-14H,6-10H2. The van der Waals surface area contributed by atoms with Crippen LogP contribution in [0, 0.1) is 0 Å². The van der Waals surface area contributed by atoms with Gasteiger partial charge in [-0.05, 0) is 5.56 Å². The fraction of sp³-hybridized carbons (Fsp3) is 0.500. The molecule has 0 saturated carbocycles. The summed E-state index contributed by atoms with van der Waals surface area (Å²) in [6.07, 6.45) is 0.322. The van der Waals surface area contributed by atoms with E-state index in [2.05, 4.69) is 34.9 Å². The van der Waals surface area contributed by atoms with Crippen molar-refractivity contribution in [1.82, 2.24) is 10.6 Å². The van der Waals surface area contributed by atoms with Crippen LogP contribution in [-0.2, 0) is 11.3 Å². The van der Waals surface area contributed by atoms with E-state index >= 15 is 0 Å². The van der Waals surface area contributed by atoms with Crippen molar-refractivity contribution in [2.24, 2.45) is 0 Å². The molecule has 3 heteroatoms. The first-order valence-corrected chi connectivity index (χ1v) is 5.52. The zero-order chi connectivity index (χ0) is 10.3. The van der Waals surface area contributed by atoms with Crippen molar-refractivity contribution in [3.63, 3.8) is 0 Å². The number of nitrogens with one attached hydrogen (secondary N) is 2. The van der Waals surface area contributed by atoms with Crippen molar-refractivity contribution >= 4 is 0 Å². The topological polar surface area (TPSA) is 33.3 Å². The fourth-order valence-electron chi connectivity index (χ4n) is 1.72. The highest BCUT2D eigenvalue weighted by Gasteiger charge is 2.11. The van der Waals surface area contributed by atoms with Gasteiger partial charge in [0.1, 0.15) is 0 Å². The largest absolute Gasteiger partial charge is 0.374 e. The van der Waals surface area contributed by atoms with E-state index in [9.17, 15) is 0 Å². The van der Waals surface area contributed by atoms with Crippen molar-refractivity contribution in [3.8, 4) is 0 Å². The average Bonchev–Trinajstić information content (AvgIpc) is 2.32. The molecule has 0 aromatic heterocycles. The summed E-state index contributed by atoms with van der Waals surface area (Å²) < 4.78 is 5.59.